The molecule has 136 valence electrons. The summed E-state index contributed by atoms with van der Waals surface area (Å²) >= 11 is 0. The summed E-state index contributed by atoms with van der Waals surface area (Å²) in [6.07, 6.45) is 6.64. The van der Waals surface area contributed by atoms with Gasteiger partial charge >= 0.3 is 0 Å². The first-order chi connectivity index (χ1) is 11.1. The summed E-state index contributed by atoms with van der Waals surface area (Å²) in [6.45, 7) is 15.9. The number of rotatable bonds is 9. The highest BCUT2D eigenvalue weighted by Gasteiger charge is 2.19. The summed E-state index contributed by atoms with van der Waals surface area (Å²) in [6, 6.07) is 4.57. The van der Waals surface area contributed by atoms with Crippen molar-refractivity contribution in [1.29, 1.82) is 0 Å². The molecule has 1 rings (SSSR count). The van der Waals surface area contributed by atoms with Crippen molar-refractivity contribution in [3.63, 3.8) is 0 Å². The number of hydrogen-bond donors (Lipinski definition) is 0. The molecule has 0 aliphatic heterocycles. The van der Waals surface area contributed by atoms with Crippen LogP contribution in [0.4, 0.5) is 0 Å². The van der Waals surface area contributed by atoms with Crippen molar-refractivity contribution in [2.24, 2.45) is 5.41 Å². The van der Waals surface area contributed by atoms with Gasteiger partial charge in [-0.05, 0) is 93.9 Å². The van der Waals surface area contributed by atoms with E-state index in [1.54, 1.807) is 0 Å². The Kier molecular flexibility index (Phi) is 7.51. The number of ether oxygens (including phenoxy) is 1. The molecule has 1 aromatic rings. The molecule has 0 aromatic heterocycles. The van der Waals surface area contributed by atoms with E-state index in [2.05, 4.69) is 46.8 Å². The Morgan fingerprint density at radius 1 is 0.958 bits per heavy atom. The Hall–Kier alpha value is -1.31. The van der Waals surface area contributed by atoms with Gasteiger partial charge in [0.05, 0.1) is 0 Å². The number of carbonyl (C=O) groups is 1. The van der Waals surface area contributed by atoms with E-state index in [0.717, 1.165) is 25.7 Å². The highest BCUT2D eigenvalue weighted by atomic mass is 16.5. The lowest BCUT2D eigenvalue weighted by atomic mass is 9.86. The van der Waals surface area contributed by atoms with E-state index in [4.69, 9.17) is 4.74 Å². The molecule has 0 spiro atoms. The molecule has 0 radical (unpaired) electrons. The molecule has 0 unspecified atom stereocenters. The van der Waals surface area contributed by atoms with Gasteiger partial charge in [-0.25, -0.2) is 0 Å². The number of aryl methyl sites for hydroxylation is 2. The van der Waals surface area contributed by atoms with Crippen molar-refractivity contribution in [1.82, 2.24) is 0 Å². The van der Waals surface area contributed by atoms with E-state index in [1.165, 1.54) is 35.1 Å². The molecule has 0 saturated carbocycles. The molecule has 0 atom stereocenters. The van der Waals surface area contributed by atoms with Crippen LogP contribution in [0.5, 0.6) is 0 Å². The summed E-state index contributed by atoms with van der Waals surface area (Å²) in [5.41, 5.74) is 5.84. The largest absolute Gasteiger partial charge is 0.462 e. The number of hydrogen-bond acceptors (Lipinski definition) is 2. The van der Waals surface area contributed by atoms with E-state index in [0.29, 0.717) is 11.9 Å². The molecular formula is C22H36O2. The van der Waals surface area contributed by atoms with Gasteiger partial charge in [0.15, 0.2) is 0 Å². The third-order valence-corrected chi connectivity index (χ3v) is 4.89. The smallest absolute Gasteiger partial charge is 0.293 e. The highest BCUT2D eigenvalue weighted by Crippen LogP contribution is 2.26. The lowest BCUT2D eigenvalue weighted by molar-refractivity contribution is -0.140. The lowest BCUT2D eigenvalue weighted by Gasteiger charge is -2.23. The molecule has 0 N–H and O–H groups in total. The third kappa shape index (κ3) is 7.07. The zero-order chi connectivity index (χ0) is 18.4. The van der Waals surface area contributed by atoms with Gasteiger partial charge in [0, 0.05) is 0 Å². The normalized spacial score (nSPS) is 12.3. The van der Waals surface area contributed by atoms with E-state index in [-0.39, 0.29) is 5.60 Å². The summed E-state index contributed by atoms with van der Waals surface area (Å²) in [5.74, 6) is 0. The fourth-order valence-corrected chi connectivity index (χ4v) is 3.29. The van der Waals surface area contributed by atoms with Gasteiger partial charge in [-0.2, -0.15) is 0 Å². The van der Waals surface area contributed by atoms with Gasteiger partial charge in [0.2, 0.25) is 0 Å². The van der Waals surface area contributed by atoms with Crippen LogP contribution in [0.2, 0.25) is 0 Å². The molecule has 2 nitrogen and oxygen atoms in total. The molecule has 2 heteroatoms. The number of carbonyl (C=O) groups excluding carboxylic acids is 1. The van der Waals surface area contributed by atoms with Crippen molar-refractivity contribution in [2.75, 3.05) is 0 Å². The predicted molar refractivity (Wildman–Crippen MR) is 102 cm³/mol. The van der Waals surface area contributed by atoms with Crippen LogP contribution < -0.4 is 0 Å². The monoisotopic (exact) mass is 332 g/mol. The van der Waals surface area contributed by atoms with Crippen molar-refractivity contribution in [3.05, 3.63) is 34.4 Å². The van der Waals surface area contributed by atoms with Crippen molar-refractivity contribution < 1.29 is 9.53 Å². The zero-order valence-corrected chi connectivity index (χ0v) is 16.8. The van der Waals surface area contributed by atoms with Crippen LogP contribution in [0.15, 0.2) is 12.1 Å². The van der Waals surface area contributed by atoms with Gasteiger partial charge in [0.1, 0.15) is 5.60 Å². The molecule has 1 aromatic carbocycles. The van der Waals surface area contributed by atoms with Gasteiger partial charge < -0.3 is 4.74 Å². The van der Waals surface area contributed by atoms with Crippen LogP contribution in [0.1, 0.15) is 82.6 Å². The van der Waals surface area contributed by atoms with E-state index in [9.17, 15) is 4.79 Å². The van der Waals surface area contributed by atoms with Crippen molar-refractivity contribution in [3.8, 4) is 0 Å². The van der Waals surface area contributed by atoms with Crippen molar-refractivity contribution in [2.45, 2.75) is 92.6 Å². The molecular weight excluding hydrogens is 296 g/mol. The second-order valence-electron chi connectivity index (χ2n) is 8.89. The third-order valence-electron chi connectivity index (χ3n) is 4.89. The maximum absolute atomic E-state index is 10.6. The SMILES string of the molecule is Cc1ccc(CCCC(C)(C)C)c(C)c1CCCC(C)(C)OC=O. The van der Waals surface area contributed by atoms with Gasteiger partial charge in [-0.1, -0.05) is 32.9 Å². The summed E-state index contributed by atoms with van der Waals surface area (Å²) < 4.78 is 5.16. The summed E-state index contributed by atoms with van der Waals surface area (Å²) in [7, 11) is 0. The summed E-state index contributed by atoms with van der Waals surface area (Å²) in [4.78, 5) is 10.6. The van der Waals surface area contributed by atoms with Gasteiger partial charge in [-0.15, -0.1) is 0 Å². The van der Waals surface area contributed by atoms with Crippen molar-refractivity contribution >= 4 is 6.47 Å². The predicted octanol–water partition coefficient (Wildman–Crippen LogP) is 5.95. The first-order valence-corrected chi connectivity index (χ1v) is 9.25. The topological polar surface area (TPSA) is 26.3 Å². The second-order valence-corrected chi connectivity index (χ2v) is 8.89. The zero-order valence-electron chi connectivity index (χ0n) is 16.8. The van der Waals surface area contributed by atoms with Gasteiger partial charge in [0.25, 0.3) is 6.47 Å². The minimum Gasteiger partial charge on any atom is -0.462 e. The lowest BCUT2D eigenvalue weighted by Crippen LogP contribution is -2.23. The van der Waals surface area contributed by atoms with Crippen LogP contribution in [-0.4, -0.2) is 12.1 Å². The molecule has 0 heterocycles. The van der Waals surface area contributed by atoms with Crippen LogP contribution in [-0.2, 0) is 22.4 Å². The minimum atomic E-state index is -0.367. The molecule has 0 fully saturated rings. The molecule has 0 aliphatic carbocycles. The Balaban J connectivity index is 2.70. The quantitative estimate of drug-likeness (QED) is 0.523. The van der Waals surface area contributed by atoms with Crippen LogP contribution in [0.25, 0.3) is 0 Å². The Morgan fingerprint density at radius 3 is 2.17 bits per heavy atom. The fourth-order valence-electron chi connectivity index (χ4n) is 3.29. The molecule has 0 amide bonds. The molecule has 0 saturated heterocycles. The second kappa shape index (κ2) is 8.69. The van der Waals surface area contributed by atoms with Crippen LogP contribution in [0.3, 0.4) is 0 Å². The average molecular weight is 333 g/mol. The van der Waals surface area contributed by atoms with E-state index < -0.39 is 0 Å². The maximum atomic E-state index is 10.6. The Bertz CT molecular complexity index is 536. The Labute approximate surface area is 149 Å². The number of benzene rings is 1. The van der Waals surface area contributed by atoms with E-state index >= 15 is 0 Å². The fraction of sp³-hybridized carbons (Fsp3) is 0.682. The average Bonchev–Trinajstić information content (AvgIpc) is 2.43. The molecule has 24 heavy (non-hydrogen) atoms. The first kappa shape index (κ1) is 20.7. The van der Waals surface area contributed by atoms with E-state index in [1.807, 2.05) is 13.8 Å². The summed E-state index contributed by atoms with van der Waals surface area (Å²) in [5, 5.41) is 0. The van der Waals surface area contributed by atoms with Gasteiger partial charge in [-0.3, -0.25) is 4.79 Å². The molecule has 0 aliphatic rings. The van der Waals surface area contributed by atoms with Crippen LogP contribution in [0, 0.1) is 19.3 Å². The molecule has 0 bridgehead atoms. The highest BCUT2D eigenvalue weighted by molar-refractivity contribution is 5.40. The maximum Gasteiger partial charge on any atom is 0.293 e. The first-order valence-electron chi connectivity index (χ1n) is 9.25. The Morgan fingerprint density at radius 2 is 1.58 bits per heavy atom. The van der Waals surface area contributed by atoms with Crippen LogP contribution >= 0.6 is 0 Å². The standard InChI is InChI=1S/C22H36O2/c1-17-12-13-19(10-8-14-21(3,4)5)18(2)20(17)11-9-15-22(6,7)24-16-23/h12-13,16H,8-11,14-15H2,1-7H3. The minimum absolute atomic E-state index is 0.367.